The number of hydrogen-bond acceptors (Lipinski definition) is 4. The number of nitro groups is 1. The maximum Gasteiger partial charge on any atom is 0.327 e. The van der Waals surface area contributed by atoms with E-state index in [1.165, 1.54) is 19.1 Å². The van der Waals surface area contributed by atoms with E-state index in [1.54, 1.807) is 0 Å². The predicted molar refractivity (Wildman–Crippen MR) is 63.0 cm³/mol. The minimum atomic E-state index is -0.939. The number of carbonyl (C=O) groups is 1. The fourth-order valence-electron chi connectivity index (χ4n) is 1.39. The van der Waals surface area contributed by atoms with Gasteiger partial charge in [0.05, 0.1) is 10.8 Å². The van der Waals surface area contributed by atoms with Crippen LogP contribution in [-0.2, 0) is 4.79 Å². The monoisotopic (exact) mass is 256 g/mol. The van der Waals surface area contributed by atoms with Gasteiger partial charge in [-0.05, 0) is 18.6 Å². The Kier molecular flexibility index (Phi) is 4.59. The van der Waals surface area contributed by atoms with Gasteiger partial charge in [0, 0.05) is 6.54 Å². The molecule has 6 nitrogen and oxygen atoms in total. The standard InChI is InChI=1S/C11H13FN2O4/c1-7(11(15)16)5-6-13-9-4-2-3-8(12)10(9)14(17)18/h2-4,7,13H,5-6H2,1H3,(H,15,16). The van der Waals surface area contributed by atoms with Gasteiger partial charge in [0.25, 0.3) is 0 Å². The summed E-state index contributed by atoms with van der Waals surface area (Å²) in [7, 11) is 0. The van der Waals surface area contributed by atoms with Crippen LogP contribution >= 0.6 is 0 Å². The van der Waals surface area contributed by atoms with Gasteiger partial charge < -0.3 is 10.4 Å². The Morgan fingerprint density at radius 1 is 1.61 bits per heavy atom. The lowest BCUT2D eigenvalue weighted by molar-refractivity contribution is -0.386. The molecule has 0 saturated heterocycles. The van der Waals surface area contributed by atoms with Crippen molar-refractivity contribution < 1.29 is 19.2 Å². The van der Waals surface area contributed by atoms with Gasteiger partial charge in [0.15, 0.2) is 0 Å². The van der Waals surface area contributed by atoms with Crippen molar-refractivity contribution >= 4 is 17.3 Å². The molecule has 2 N–H and O–H groups in total. The van der Waals surface area contributed by atoms with Crippen molar-refractivity contribution in [3.8, 4) is 0 Å². The van der Waals surface area contributed by atoms with Gasteiger partial charge in [-0.3, -0.25) is 14.9 Å². The van der Waals surface area contributed by atoms with E-state index < -0.39 is 28.3 Å². The first-order valence-corrected chi connectivity index (χ1v) is 5.33. The van der Waals surface area contributed by atoms with Gasteiger partial charge in [0.2, 0.25) is 5.82 Å². The Morgan fingerprint density at radius 2 is 2.28 bits per heavy atom. The average Bonchev–Trinajstić information content (AvgIpc) is 2.28. The zero-order valence-electron chi connectivity index (χ0n) is 9.72. The van der Waals surface area contributed by atoms with Crippen LogP contribution in [0, 0.1) is 21.8 Å². The second-order valence-electron chi connectivity index (χ2n) is 3.85. The molecule has 0 amide bonds. The Hall–Kier alpha value is -2.18. The Morgan fingerprint density at radius 3 is 2.83 bits per heavy atom. The summed E-state index contributed by atoms with van der Waals surface area (Å²) in [4.78, 5) is 20.4. The molecule has 7 heteroatoms. The zero-order chi connectivity index (χ0) is 13.7. The molecule has 0 bridgehead atoms. The number of benzene rings is 1. The molecule has 0 aliphatic rings. The summed E-state index contributed by atoms with van der Waals surface area (Å²) in [6.45, 7) is 1.75. The molecular weight excluding hydrogens is 243 g/mol. The maximum atomic E-state index is 13.2. The average molecular weight is 256 g/mol. The van der Waals surface area contributed by atoms with Crippen molar-refractivity contribution in [2.45, 2.75) is 13.3 Å². The first-order chi connectivity index (χ1) is 8.43. The molecule has 0 saturated carbocycles. The Balaban J connectivity index is 2.71. The highest BCUT2D eigenvalue weighted by atomic mass is 19.1. The second-order valence-corrected chi connectivity index (χ2v) is 3.85. The molecule has 1 rings (SSSR count). The van der Waals surface area contributed by atoms with Crippen molar-refractivity contribution in [1.29, 1.82) is 0 Å². The fourth-order valence-corrected chi connectivity index (χ4v) is 1.39. The molecule has 0 aliphatic carbocycles. The van der Waals surface area contributed by atoms with Crippen LogP contribution in [0.1, 0.15) is 13.3 Å². The van der Waals surface area contributed by atoms with Crippen LogP contribution in [0.2, 0.25) is 0 Å². The van der Waals surface area contributed by atoms with Crippen LogP contribution in [0.3, 0.4) is 0 Å². The Bertz CT molecular complexity index is 464. The smallest absolute Gasteiger partial charge is 0.327 e. The number of anilines is 1. The summed E-state index contributed by atoms with van der Waals surface area (Å²) in [6, 6.07) is 3.74. The lowest BCUT2D eigenvalue weighted by Gasteiger charge is -2.09. The molecule has 0 radical (unpaired) electrons. The highest BCUT2D eigenvalue weighted by molar-refractivity contribution is 5.69. The van der Waals surface area contributed by atoms with E-state index in [9.17, 15) is 19.3 Å². The molecule has 0 spiro atoms. The highest BCUT2D eigenvalue weighted by Crippen LogP contribution is 2.27. The van der Waals surface area contributed by atoms with Gasteiger partial charge in [-0.1, -0.05) is 13.0 Å². The normalized spacial score (nSPS) is 11.9. The summed E-state index contributed by atoms with van der Waals surface area (Å²) in [5.74, 6) is -2.42. The van der Waals surface area contributed by atoms with Gasteiger partial charge in [-0.15, -0.1) is 0 Å². The third-order valence-corrected chi connectivity index (χ3v) is 2.48. The molecule has 1 atom stereocenters. The van der Waals surface area contributed by atoms with Gasteiger partial charge in [0.1, 0.15) is 5.69 Å². The number of rotatable bonds is 6. The molecule has 0 aliphatic heterocycles. The van der Waals surface area contributed by atoms with E-state index in [0.717, 1.165) is 6.07 Å². The number of hydrogen-bond donors (Lipinski definition) is 2. The zero-order valence-corrected chi connectivity index (χ0v) is 9.72. The maximum absolute atomic E-state index is 13.2. The predicted octanol–water partition coefficient (Wildman–Crippen LogP) is 2.26. The number of nitrogens with zero attached hydrogens (tertiary/aromatic N) is 1. The third-order valence-electron chi connectivity index (χ3n) is 2.48. The molecule has 0 fully saturated rings. The number of nitro benzene ring substituents is 1. The molecule has 18 heavy (non-hydrogen) atoms. The van der Waals surface area contributed by atoms with Crippen LogP contribution in [0.5, 0.6) is 0 Å². The van der Waals surface area contributed by atoms with Crippen molar-refractivity contribution in [2.24, 2.45) is 5.92 Å². The van der Waals surface area contributed by atoms with E-state index in [4.69, 9.17) is 5.11 Å². The quantitative estimate of drug-likeness (QED) is 0.601. The van der Waals surface area contributed by atoms with Gasteiger partial charge >= 0.3 is 11.7 Å². The topological polar surface area (TPSA) is 92.5 Å². The van der Waals surface area contributed by atoms with E-state index in [1.807, 2.05) is 0 Å². The van der Waals surface area contributed by atoms with E-state index in [0.29, 0.717) is 6.42 Å². The Labute approximate surface area is 103 Å². The SMILES string of the molecule is CC(CCNc1cccc(F)c1[N+](=O)[O-])C(=O)O. The molecular formula is C11H13FN2O4. The van der Waals surface area contributed by atoms with Crippen LogP contribution in [0.4, 0.5) is 15.8 Å². The third kappa shape index (κ3) is 3.41. The lowest BCUT2D eigenvalue weighted by Crippen LogP contribution is -2.15. The fraction of sp³-hybridized carbons (Fsp3) is 0.364. The van der Waals surface area contributed by atoms with E-state index >= 15 is 0 Å². The number of para-hydroxylation sites is 1. The minimum absolute atomic E-state index is 0.0533. The molecule has 98 valence electrons. The number of halogens is 1. The summed E-state index contributed by atoms with van der Waals surface area (Å²) >= 11 is 0. The summed E-state index contributed by atoms with van der Waals surface area (Å²) < 4.78 is 13.2. The van der Waals surface area contributed by atoms with Crippen LogP contribution in [-0.4, -0.2) is 22.5 Å². The van der Waals surface area contributed by atoms with Crippen molar-refractivity contribution in [1.82, 2.24) is 0 Å². The number of carboxylic acid groups (broad SMARTS) is 1. The molecule has 0 heterocycles. The van der Waals surface area contributed by atoms with Crippen LogP contribution < -0.4 is 5.32 Å². The largest absolute Gasteiger partial charge is 0.481 e. The number of aliphatic carboxylic acids is 1. The summed E-state index contributed by atoms with van der Waals surface area (Å²) in [5, 5.41) is 22.0. The van der Waals surface area contributed by atoms with Crippen LogP contribution in [0.25, 0.3) is 0 Å². The van der Waals surface area contributed by atoms with Crippen molar-refractivity contribution in [2.75, 3.05) is 11.9 Å². The number of nitrogens with one attached hydrogen (secondary N) is 1. The van der Waals surface area contributed by atoms with Crippen molar-refractivity contribution in [3.63, 3.8) is 0 Å². The molecule has 1 unspecified atom stereocenters. The molecule has 1 aromatic rings. The molecule has 0 aromatic heterocycles. The van der Waals surface area contributed by atoms with E-state index in [-0.39, 0.29) is 12.2 Å². The first-order valence-electron chi connectivity index (χ1n) is 5.33. The van der Waals surface area contributed by atoms with Gasteiger partial charge in [-0.2, -0.15) is 4.39 Å². The summed E-state index contributed by atoms with van der Waals surface area (Å²) in [5.41, 5.74) is -0.571. The highest BCUT2D eigenvalue weighted by Gasteiger charge is 2.19. The van der Waals surface area contributed by atoms with Crippen molar-refractivity contribution in [3.05, 3.63) is 34.1 Å². The van der Waals surface area contributed by atoms with Gasteiger partial charge in [-0.25, -0.2) is 0 Å². The minimum Gasteiger partial charge on any atom is -0.481 e. The second kappa shape index (κ2) is 5.95. The van der Waals surface area contributed by atoms with E-state index in [2.05, 4.69) is 5.32 Å². The first kappa shape index (κ1) is 13.9. The molecule has 1 aromatic carbocycles. The summed E-state index contributed by atoms with van der Waals surface area (Å²) in [6.07, 6.45) is 0.295. The lowest BCUT2D eigenvalue weighted by atomic mass is 10.1. The van der Waals surface area contributed by atoms with Crippen LogP contribution in [0.15, 0.2) is 18.2 Å². The number of carboxylic acids is 1.